The van der Waals surface area contributed by atoms with Gasteiger partial charge in [-0.25, -0.2) is 4.79 Å². The van der Waals surface area contributed by atoms with Crippen LogP contribution in [0.1, 0.15) is 39.5 Å². The van der Waals surface area contributed by atoms with E-state index in [0.29, 0.717) is 12.5 Å². The lowest BCUT2D eigenvalue weighted by atomic mass is 9.99. The van der Waals surface area contributed by atoms with Gasteiger partial charge in [-0.15, -0.1) is 0 Å². The van der Waals surface area contributed by atoms with E-state index in [-0.39, 0.29) is 11.5 Å². The number of rotatable bonds is 7. The van der Waals surface area contributed by atoms with Crippen molar-refractivity contribution >= 4 is 11.5 Å². The molecule has 1 atom stereocenters. The molecule has 0 aliphatic carbocycles. The summed E-state index contributed by atoms with van der Waals surface area (Å²) in [5.74, 6) is 0.690. The second kappa shape index (κ2) is 7.01. The van der Waals surface area contributed by atoms with E-state index in [1.54, 1.807) is 0 Å². The normalized spacial score (nSPS) is 12.4. The van der Waals surface area contributed by atoms with Gasteiger partial charge in [0, 0.05) is 13.6 Å². The molecule has 0 aromatic carbocycles. The molecule has 0 radical (unpaired) electrons. The minimum Gasteiger partial charge on any atom is -0.383 e. The van der Waals surface area contributed by atoms with Crippen molar-refractivity contribution in [1.29, 1.82) is 0 Å². The SMILES string of the molecule is CCCCC(CC)CNc1c(N)n(C)c(=O)[nH]c1=O. The number of nitrogens with two attached hydrogens (primary N) is 1. The van der Waals surface area contributed by atoms with Crippen molar-refractivity contribution < 1.29 is 0 Å². The Morgan fingerprint density at radius 3 is 2.63 bits per heavy atom. The van der Waals surface area contributed by atoms with Gasteiger partial charge < -0.3 is 11.1 Å². The van der Waals surface area contributed by atoms with Crippen molar-refractivity contribution in [3.05, 3.63) is 20.8 Å². The van der Waals surface area contributed by atoms with Gasteiger partial charge in [-0.1, -0.05) is 33.1 Å². The Bertz CT molecular complexity index is 518. The summed E-state index contributed by atoms with van der Waals surface area (Å²) in [5.41, 5.74) is 5.13. The summed E-state index contributed by atoms with van der Waals surface area (Å²) in [4.78, 5) is 25.3. The summed E-state index contributed by atoms with van der Waals surface area (Å²) in [7, 11) is 1.53. The highest BCUT2D eigenvalue weighted by molar-refractivity contribution is 5.60. The van der Waals surface area contributed by atoms with E-state index >= 15 is 0 Å². The smallest absolute Gasteiger partial charge is 0.329 e. The monoisotopic (exact) mass is 268 g/mol. The predicted molar refractivity (Wildman–Crippen MR) is 78.5 cm³/mol. The Hall–Kier alpha value is -1.72. The van der Waals surface area contributed by atoms with Crippen LogP contribution in [0, 0.1) is 5.92 Å². The molecule has 0 saturated carbocycles. The lowest BCUT2D eigenvalue weighted by Gasteiger charge is -2.17. The number of hydrogen-bond donors (Lipinski definition) is 3. The number of nitrogen functional groups attached to an aromatic ring is 1. The Balaban J connectivity index is 2.80. The second-order valence-electron chi connectivity index (χ2n) is 4.88. The summed E-state index contributed by atoms with van der Waals surface area (Å²) >= 11 is 0. The molecular formula is C13H24N4O2. The Morgan fingerprint density at radius 2 is 2.05 bits per heavy atom. The molecule has 6 nitrogen and oxygen atoms in total. The number of nitrogens with one attached hydrogen (secondary N) is 2. The van der Waals surface area contributed by atoms with Gasteiger partial charge in [-0.05, 0) is 12.3 Å². The molecule has 4 N–H and O–H groups in total. The average molecular weight is 268 g/mol. The number of anilines is 2. The van der Waals surface area contributed by atoms with Crippen LogP contribution in [-0.4, -0.2) is 16.1 Å². The molecule has 1 unspecified atom stereocenters. The topological polar surface area (TPSA) is 92.9 Å². The molecule has 1 aromatic rings. The largest absolute Gasteiger partial charge is 0.383 e. The molecule has 1 rings (SSSR count). The van der Waals surface area contributed by atoms with Gasteiger partial charge in [0.1, 0.15) is 11.5 Å². The summed E-state index contributed by atoms with van der Waals surface area (Å²) in [5, 5.41) is 3.08. The summed E-state index contributed by atoms with van der Waals surface area (Å²) < 4.78 is 1.23. The van der Waals surface area contributed by atoms with Crippen LogP contribution in [0.3, 0.4) is 0 Å². The molecule has 1 heterocycles. The lowest BCUT2D eigenvalue weighted by Crippen LogP contribution is -2.33. The van der Waals surface area contributed by atoms with Gasteiger partial charge in [-0.2, -0.15) is 0 Å². The van der Waals surface area contributed by atoms with E-state index in [2.05, 4.69) is 24.1 Å². The second-order valence-corrected chi connectivity index (χ2v) is 4.88. The molecule has 108 valence electrons. The van der Waals surface area contributed by atoms with Crippen LogP contribution in [0.5, 0.6) is 0 Å². The van der Waals surface area contributed by atoms with Gasteiger partial charge >= 0.3 is 5.69 Å². The molecule has 0 aliphatic rings. The van der Waals surface area contributed by atoms with Crippen molar-refractivity contribution in [3.8, 4) is 0 Å². The quantitative estimate of drug-likeness (QED) is 0.694. The number of aromatic amines is 1. The molecule has 0 bridgehead atoms. The van der Waals surface area contributed by atoms with Crippen molar-refractivity contribution in [2.45, 2.75) is 39.5 Å². The zero-order valence-electron chi connectivity index (χ0n) is 12.0. The molecule has 6 heteroatoms. The minimum absolute atomic E-state index is 0.180. The molecular weight excluding hydrogens is 244 g/mol. The first-order valence-electron chi connectivity index (χ1n) is 6.83. The van der Waals surface area contributed by atoms with Gasteiger partial charge in [0.05, 0.1) is 0 Å². The van der Waals surface area contributed by atoms with E-state index in [1.165, 1.54) is 24.5 Å². The van der Waals surface area contributed by atoms with Crippen LogP contribution < -0.4 is 22.3 Å². The van der Waals surface area contributed by atoms with E-state index < -0.39 is 11.2 Å². The zero-order valence-corrected chi connectivity index (χ0v) is 12.0. The van der Waals surface area contributed by atoms with Crippen molar-refractivity contribution in [3.63, 3.8) is 0 Å². The number of unbranched alkanes of at least 4 members (excludes halogenated alkanes) is 1. The first-order chi connectivity index (χ1) is 9.01. The Labute approximate surface area is 113 Å². The standard InChI is InChI=1S/C13H24N4O2/c1-4-6-7-9(5-2)8-15-10-11(14)17(3)13(19)16-12(10)18/h9,15H,4-8,14H2,1-3H3,(H,16,18,19). The average Bonchev–Trinajstić information content (AvgIpc) is 2.39. The molecule has 0 spiro atoms. The first-order valence-corrected chi connectivity index (χ1v) is 6.83. The zero-order chi connectivity index (χ0) is 14.4. The number of hydrogen-bond acceptors (Lipinski definition) is 4. The number of nitrogens with zero attached hydrogens (tertiary/aromatic N) is 1. The van der Waals surface area contributed by atoms with Gasteiger partial charge in [0.15, 0.2) is 0 Å². The van der Waals surface area contributed by atoms with Crippen LogP contribution >= 0.6 is 0 Å². The van der Waals surface area contributed by atoms with Crippen LogP contribution in [0.25, 0.3) is 0 Å². The summed E-state index contributed by atoms with van der Waals surface area (Å²) in [6.07, 6.45) is 4.53. The van der Waals surface area contributed by atoms with Crippen LogP contribution in [0.15, 0.2) is 9.59 Å². The molecule has 1 aromatic heterocycles. The fourth-order valence-electron chi connectivity index (χ4n) is 2.00. The van der Waals surface area contributed by atoms with E-state index in [4.69, 9.17) is 5.73 Å². The minimum atomic E-state index is -0.494. The van der Waals surface area contributed by atoms with Crippen molar-refractivity contribution in [2.24, 2.45) is 13.0 Å². The third-order valence-corrected chi connectivity index (χ3v) is 3.48. The van der Waals surface area contributed by atoms with E-state index in [9.17, 15) is 9.59 Å². The molecule has 0 saturated heterocycles. The number of H-pyrrole nitrogens is 1. The highest BCUT2D eigenvalue weighted by Crippen LogP contribution is 2.15. The summed E-state index contributed by atoms with van der Waals surface area (Å²) in [6, 6.07) is 0. The lowest BCUT2D eigenvalue weighted by molar-refractivity contribution is 0.472. The fourth-order valence-corrected chi connectivity index (χ4v) is 2.00. The molecule has 0 aliphatic heterocycles. The predicted octanol–water partition coefficient (Wildman–Crippen LogP) is 1.28. The molecule has 0 amide bonds. The highest BCUT2D eigenvalue weighted by atomic mass is 16.2. The maximum Gasteiger partial charge on any atom is 0.329 e. The summed E-state index contributed by atoms with van der Waals surface area (Å²) in [6.45, 7) is 4.99. The number of aromatic nitrogens is 2. The molecule has 19 heavy (non-hydrogen) atoms. The Morgan fingerprint density at radius 1 is 1.37 bits per heavy atom. The third-order valence-electron chi connectivity index (χ3n) is 3.48. The van der Waals surface area contributed by atoms with E-state index in [1.807, 2.05) is 0 Å². The van der Waals surface area contributed by atoms with Crippen molar-refractivity contribution in [1.82, 2.24) is 9.55 Å². The Kier molecular flexibility index (Phi) is 5.66. The fraction of sp³-hybridized carbons (Fsp3) is 0.692. The van der Waals surface area contributed by atoms with Gasteiger partial charge in [-0.3, -0.25) is 14.3 Å². The molecule has 0 fully saturated rings. The van der Waals surface area contributed by atoms with Gasteiger partial charge in [0.25, 0.3) is 5.56 Å². The maximum absolute atomic E-state index is 11.7. The van der Waals surface area contributed by atoms with Crippen LogP contribution in [0.2, 0.25) is 0 Å². The van der Waals surface area contributed by atoms with Gasteiger partial charge in [0.2, 0.25) is 0 Å². The third kappa shape index (κ3) is 3.87. The first kappa shape index (κ1) is 15.3. The van der Waals surface area contributed by atoms with Crippen molar-refractivity contribution in [2.75, 3.05) is 17.6 Å². The maximum atomic E-state index is 11.7. The highest BCUT2D eigenvalue weighted by Gasteiger charge is 2.12. The van der Waals surface area contributed by atoms with Crippen LogP contribution in [0.4, 0.5) is 11.5 Å². The van der Waals surface area contributed by atoms with Crippen LogP contribution in [-0.2, 0) is 7.05 Å². The van der Waals surface area contributed by atoms with E-state index in [0.717, 1.165) is 12.8 Å².